The molecule has 0 spiro atoms. The Balaban J connectivity index is 1.49. The van der Waals surface area contributed by atoms with Crippen molar-refractivity contribution in [3.8, 4) is 11.1 Å². The Morgan fingerprint density at radius 1 is 0.960 bits per heavy atom. The van der Waals surface area contributed by atoms with Crippen LogP contribution < -0.4 is 5.32 Å². The van der Waals surface area contributed by atoms with E-state index >= 15 is 0 Å². The summed E-state index contributed by atoms with van der Waals surface area (Å²) in [5, 5.41) is 2.88. The van der Waals surface area contributed by atoms with Crippen LogP contribution in [0.5, 0.6) is 0 Å². The summed E-state index contributed by atoms with van der Waals surface area (Å²) in [5.41, 5.74) is 4.32. The number of H-pyrrole nitrogens is 1. The second kappa shape index (κ2) is 6.57. The summed E-state index contributed by atoms with van der Waals surface area (Å²) in [6.45, 7) is 0.336. The van der Waals surface area contributed by atoms with E-state index in [2.05, 4.69) is 20.3 Å². The molecular weight excluding hydrogens is 312 g/mol. The molecule has 5 heteroatoms. The van der Waals surface area contributed by atoms with E-state index in [1.165, 1.54) is 0 Å². The van der Waals surface area contributed by atoms with Gasteiger partial charge < -0.3 is 10.3 Å². The van der Waals surface area contributed by atoms with Gasteiger partial charge in [0.15, 0.2) is 0 Å². The highest BCUT2D eigenvalue weighted by atomic mass is 16.1. The van der Waals surface area contributed by atoms with Gasteiger partial charge in [0.2, 0.25) is 0 Å². The Morgan fingerprint density at radius 2 is 1.76 bits per heavy atom. The van der Waals surface area contributed by atoms with Gasteiger partial charge in [0.1, 0.15) is 5.82 Å². The summed E-state index contributed by atoms with van der Waals surface area (Å²) < 4.78 is 0. The largest absolute Gasteiger partial charge is 0.345 e. The minimum absolute atomic E-state index is 0.175. The van der Waals surface area contributed by atoms with Crippen molar-refractivity contribution in [3.05, 3.63) is 84.4 Å². The maximum Gasteiger partial charge on any atom is 0.253 e. The van der Waals surface area contributed by atoms with E-state index in [1.54, 1.807) is 12.4 Å². The van der Waals surface area contributed by atoms with E-state index in [1.807, 2.05) is 60.7 Å². The van der Waals surface area contributed by atoms with Crippen molar-refractivity contribution in [3.63, 3.8) is 0 Å². The Labute approximate surface area is 144 Å². The summed E-state index contributed by atoms with van der Waals surface area (Å²) in [7, 11) is 0. The lowest BCUT2D eigenvalue weighted by atomic mass is 10.1. The minimum Gasteiger partial charge on any atom is -0.345 e. The lowest BCUT2D eigenvalue weighted by Gasteiger charge is -2.06. The number of amides is 1. The van der Waals surface area contributed by atoms with Crippen molar-refractivity contribution in [1.82, 2.24) is 20.3 Å². The third-order valence-electron chi connectivity index (χ3n) is 3.96. The average molecular weight is 328 g/mol. The Morgan fingerprint density at radius 3 is 2.60 bits per heavy atom. The lowest BCUT2D eigenvalue weighted by molar-refractivity contribution is 0.0949. The van der Waals surface area contributed by atoms with Crippen LogP contribution in [-0.4, -0.2) is 20.9 Å². The molecule has 122 valence electrons. The van der Waals surface area contributed by atoms with E-state index in [4.69, 9.17) is 0 Å². The van der Waals surface area contributed by atoms with Crippen LogP contribution in [0.2, 0.25) is 0 Å². The molecule has 0 atom stereocenters. The van der Waals surface area contributed by atoms with Crippen LogP contribution in [0.4, 0.5) is 0 Å². The number of benzene rings is 2. The number of fused-ring (bicyclic) bond motifs is 1. The van der Waals surface area contributed by atoms with Gasteiger partial charge in [0.25, 0.3) is 5.91 Å². The number of pyridine rings is 1. The van der Waals surface area contributed by atoms with Crippen molar-refractivity contribution in [1.29, 1.82) is 0 Å². The summed E-state index contributed by atoms with van der Waals surface area (Å²) >= 11 is 0. The Bertz CT molecular complexity index is 991. The highest BCUT2D eigenvalue weighted by Gasteiger charge is 2.09. The van der Waals surface area contributed by atoms with Crippen molar-refractivity contribution in [2.75, 3.05) is 0 Å². The fourth-order valence-corrected chi connectivity index (χ4v) is 2.71. The first-order valence-electron chi connectivity index (χ1n) is 8.02. The molecule has 0 saturated heterocycles. The summed E-state index contributed by atoms with van der Waals surface area (Å²) in [4.78, 5) is 24.3. The number of para-hydroxylation sites is 2. The molecule has 0 aliphatic heterocycles. The number of aromatic amines is 1. The van der Waals surface area contributed by atoms with Gasteiger partial charge in [-0.25, -0.2) is 4.98 Å². The fourth-order valence-electron chi connectivity index (χ4n) is 2.71. The van der Waals surface area contributed by atoms with Gasteiger partial charge in [-0.1, -0.05) is 42.5 Å². The van der Waals surface area contributed by atoms with Crippen molar-refractivity contribution < 1.29 is 4.79 Å². The van der Waals surface area contributed by atoms with E-state index in [0.29, 0.717) is 12.1 Å². The first kappa shape index (κ1) is 15.1. The van der Waals surface area contributed by atoms with Gasteiger partial charge >= 0.3 is 0 Å². The third kappa shape index (κ3) is 3.26. The molecule has 0 unspecified atom stereocenters. The van der Waals surface area contributed by atoms with Gasteiger partial charge in [0.05, 0.1) is 23.1 Å². The highest BCUT2D eigenvalue weighted by molar-refractivity contribution is 5.95. The molecular formula is C20H16N4O. The number of carbonyl (C=O) groups is 1. The van der Waals surface area contributed by atoms with E-state index < -0.39 is 0 Å². The van der Waals surface area contributed by atoms with Crippen molar-refractivity contribution >= 4 is 16.9 Å². The molecule has 25 heavy (non-hydrogen) atoms. The maximum absolute atomic E-state index is 12.4. The van der Waals surface area contributed by atoms with Gasteiger partial charge in [-0.2, -0.15) is 0 Å². The second-order valence-electron chi connectivity index (χ2n) is 5.71. The third-order valence-corrected chi connectivity index (χ3v) is 3.96. The SMILES string of the molecule is O=C(NCc1nc2ccccc2[nH]1)c1cncc(-c2ccccc2)c1. The monoisotopic (exact) mass is 328 g/mol. The molecule has 0 fully saturated rings. The number of carbonyl (C=O) groups excluding carboxylic acids is 1. The van der Waals surface area contributed by atoms with Gasteiger partial charge in [-0.05, 0) is 23.8 Å². The molecule has 2 N–H and O–H groups in total. The number of nitrogens with zero attached hydrogens (tertiary/aromatic N) is 2. The molecule has 2 heterocycles. The van der Waals surface area contributed by atoms with Crippen LogP contribution in [0, 0.1) is 0 Å². The Hall–Kier alpha value is -3.47. The molecule has 4 rings (SSSR count). The average Bonchev–Trinajstić information content (AvgIpc) is 3.10. The molecule has 2 aromatic heterocycles. The molecule has 0 radical (unpaired) electrons. The summed E-state index contributed by atoms with van der Waals surface area (Å²) in [6.07, 6.45) is 3.33. The van der Waals surface area contributed by atoms with Crippen LogP contribution in [0.25, 0.3) is 22.2 Å². The lowest BCUT2D eigenvalue weighted by Crippen LogP contribution is -2.23. The first-order chi connectivity index (χ1) is 12.3. The van der Waals surface area contributed by atoms with E-state index in [0.717, 1.165) is 28.0 Å². The second-order valence-corrected chi connectivity index (χ2v) is 5.71. The van der Waals surface area contributed by atoms with E-state index in [9.17, 15) is 4.79 Å². The first-order valence-corrected chi connectivity index (χ1v) is 8.02. The zero-order valence-corrected chi connectivity index (χ0v) is 13.4. The molecule has 0 aliphatic rings. The maximum atomic E-state index is 12.4. The number of imidazole rings is 1. The summed E-state index contributed by atoms with van der Waals surface area (Å²) in [6, 6.07) is 19.5. The van der Waals surface area contributed by atoms with Gasteiger partial charge in [0, 0.05) is 18.0 Å². The zero-order valence-electron chi connectivity index (χ0n) is 13.4. The molecule has 0 aliphatic carbocycles. The van der Waals surface area contributed by atoms with Crippen LogP contribution in [-0.2, 0) is 6.54 Å². The van der Waals surface area contributed by atoms with Crippen LogP contribution in [0.3, 0.4) is 0 Å². The predicted octanol–water partition coefficient (Wildman–Crippen LogP) is 3.55. The number of rotatable bonds is 4. The normalized spacial score (nSPS) is 10.7. The van der Waals surface area contributed by atoms with Gasteiger partial charge in [-0.15, -0.1) is 0 Å². The van der Waals surface area contributed by atoms with Crippen LogP contribution >= 0.6 is 0 Å². The molecule has 0 saturated carbocycles. The molecule has 4 aromatic rings. The topological polar surface area (TPSA) is 70.7 Å². The zero-order chi connectivity index (χ0) is 17.1. The number of aromatic nitrogens is 3. The molecule has 1 amide bonds. The number of hydrogen-bond donors (Lipinski definition) is 2. The minimum atomic E-state index is -0.175. The highest BCUT2D eigenvalue weighted by Crippen LogP contribution is 2.18. The van der Waals surface area contributed by atoms with Gasteiger partial charge in [-0.3, -0.25) is 9.78 Å². The summed E-state index contributed by atoms with van der Waals surface area (Å²) in [5.74, 6) is 0.549. The smallest absolute Gasteiger partial charge is 0.253 e. The van der Waals surface area contributed by atoms with Crippen LogP contribution in [0.1, 0.15) is 16.2 Å². The number of nitrogens with one attached hydrogen (secondary N) is 2. The standard InChI is InChI=1S/C20H16N4O/c25-20(22-13-19-23-17-8-4-5-9-18(17)24-19)16-10-15(11-21-12-16)14-6-2-1-3-7-14/h1-12H,13H2,(H,22,25)(H,23,24). The number of hydrogen-bond acceptors (Lipinski definition) is 3. The van der Waals surface area contributed by atoms with E-state index in [-0.39, 0.29) is 5.91 Å². The van der Waals surface area contributed by atoms with Crippen molar-refractivity contribution in [2.45, 2.75) is 6.54 Å². The Kier molecular flexibility index (Phi) is 3.96. The van der Waals surface area contributed by atoms with Crippen molar-refractivity contribution in [2.24, 2.45) is 0 Å². The molecule has 5 nitrogen and oxygen atoms in total. The predicted molar refractivity (Wildman–Crippen MR) is 96.9 cm³/mol. The molecule has 0 bridgehead atoms. The molecule has 2 aromatic carbocycles. The van der Waals surface area contributed by atoms with Crippen LogP contribution in [0.15, 0.2) is 73.1 Å². The quantitative estimate of drug-likeness (QED) is 0.602. The fraction of sp³-hybridized carbons (Fsp3) is 0.0500.